The van der Waals surface area contributed by atoms with Gasteiger partial charge in [-0.15, -0.1) is 24.8 Å². The molecular weight excluding hydrogens is 376 g/mol. The first kappa shape index (κ1) is 25.1. The molecule has 0 aliphatic carbocycles. The summed E-state index contributed by atoms with van der Waals surface area (Å²) in [6, 6.07) is 6.56. The van der Waals surface area contributed by atoms with E-state index in [9.17, 15) is 9.18 Å². The van der Waals surface area contributed by atoms with E-state index in [1.807, 2.05) is 25.1 Å². The van der Waals surface area contributed by atoms with Crippen molar-refractivity contribution in [2.75, 3.05) is 33.7 Å². The van der Waals surface area contributed by atoms with Crippen LogP contribution in [0.25, 0.3) is 0 Å². The van der Waals surface area contributed by atoms with Crippen molar-refractivity contribution < 1.29 is 9.18 Å². The second-order valence-corrected chi connectivity index (χ2v) is 7.11. The third kappa shape index (κ3) is 7.78. The molecule has 0 saturated carbocycles. The molecule has 0 bridgehead atoms. The number of benzene rings is 1. The molecule has 1 saturated heterocycles. The Morgan fingerprint density at radius 3 is 2.54 bits per heavy atom. The molecular formula is C19H32Cl2FN3O. The summed E-state index contributed by atoms with van der Waals surface area (Å²) < 4.78 is 13.5. The Morgan fingerprint density at radius 1 is 1.31 bits per heavy atom. The van der Waals surface area contributed by atoms with E-state index >= 15 is 0 Å². The molecule has 2 rings (SSSR count). The summed E-state index contributed by atoms with van der Waals surface area (Å²) >= 11 is 0. The fraction of sp³-hybridized carbons (Fsp3) is 0.632. The van der Waals surface area contributed by atoms with Crippen LogP contribution < -0.4 is 10.6 Å². The van der Waals surface area contributed by atoms with Gasteiger partial charge in [-0.2, -0.15) is 0 Å². The van der Waals surface area contributed by atoms with E-state index in [1.54, 1.807) is 6.07 Å². The van der Waals surface area contributed by atoms with Gasteiger partial charge < -0.3 is 15.5 Å². The zero-order valence-electron chi connectivity index (χ0n) is 15.8. The number of nitrogens with one attached hydrogen (secondary N) is 2. The number of carbonyl (C=O) groups is 1. The van der Waals surface area contributed by atoms with Gasteiger partial charge in [-0.05, 0) is 69.6 Å². The maximum atomic E-state index is 13.5. The number of carbonyl (C=O) groups excluding carboxylic acids is 1. The first-order chi connectivity index (χ1) is 11.5. The van der Waals surface area contributed by atoms with E-state index in [4.69, 9.17) is 0 Å². The fourth-order valence-corrected chi connectivity index (χ4v) is 3.47. The molecule has 1 aliphatic rings. The zero-order valence-corrected chi connectivity index (χ0v) is 17.5. The molecule has 1 aromatic rings. The Balaban J connectivity index is 0.00000312. The van der Waals surface area contributed by atoms with Crippen molar-refractivity contribution in [3.05, 3.63) is 35.6 Å². The van der Waals surface area contributed by atoms with Gasteiger partial charge in [0, 0.05) is 13.0 Å². The number of hydrogen-bond donors (Lipinski definition) is 2. The van der Waals surface area contributed by atoms with Crippen LogP contribution in [0.1, 0.15) is 37.8 Å². The molecule has 150 valence electrons. The minimum absolute atomic E-state index is 0. The van der Waals surface area contributed by atoms with E-state index in [0.29, 0.717) is 24.8 Å². The largest absolute Gasteiger partial charge is 0.354 e. The van der Waals surface area contributed by atoms with Crippen LogP contribution in [-0.2, 0) is 4.79 Å². The Hall–Kier alpha value is -0.880. The number of likely N-dealkylation sites (N-methyl/N-ethyl adjacent to an activating group) is 1. The van der Waals surface area contributed by atoms with Crippen molar-refractivity contribution in [1.29, 1.82) is 0 Å². The van der Waals surface area contributed by atoms with E-state index in [2.05, 4.69) is 17.6 Å². The van der Waals surface area contributed by atoms with Gasteiger partial charge in [0.15, 0.2) is 0 Å². The van der Waals surface area contributed by atoms with Gasteiger partial charge >= 0.3 is 0 Å². The van der Waals surface area contributed by atoms with Crippen molar-refractivity contribution >= 4 is 30.7 Å². The van der Waals surface area contributed by atoms with E-state index in [0.717, 1.165) is 31.5 Å². The van der Waals surface area contributed by atoms with Crippen molar-refractivity contribution in [2.24, 2.45) is 11.8 Å². The molecule has 1 aliphatic heterocycles. The average molecular weight is 408 g/mol. The number of nitrogens with zero attached hydrogens (tertiary/aromatic N) is 1. The first-order valence-electron chi connectivity index (χ1n) is 8.86. The van der Waals surface area contributed by atoms with Gasteiger partial charge in [-0.3, -0.25) is 4.79 Å². The molecule has 7 heteroatoms. The molecule has 2 unspecified atom stereocenters. The summed E-state index contributed by atoms with van der Waals surface area (Å²) in [4.78, 5) is 14.3. The lowest BCUT2D eigenvalue weighted by molar-refractivity contribution is -0.122. The predicted octanol–water partition coefficient (Wildman–Crippen LogP) is 3.41. The normalized spacial score (nSPS) is 17.0. The van der Waals surface area contributed by atoms with Crippen LogP contribution in [0.3, 0.4) is 0 Å². The maximum absolute atomic E-state index is 13.5. The minimum Gasteiger partial charge on any atom is -0.354 e. The lowest BCUT2D eigenvalue weighted by Gasteiger charge is -2.29. The molecule has 1 fully saturated rings. The molecule has 1 heterocycles. The number of amides is 1. The Morgan fingerprint density at radius 2 is 1.96 bits per heavy atom. The quantitative estimate of drug-likeness (QED) is 0.727. The van der Waals surface area contributed by atoms with Crippen LogP contribution in [0.5, 0.6) is 0 Å². The summed E-state index contributed by atoms with van der Waals surface area (Å²) in [7, 11) is 3.89. The van der Waals surface area contributed by atoms with Gasteiger partial charge in [0.2, 0.25) is 5.91 Å². The summed E-state index contributed by atoms with van der Waals surface area (Å²) in [5.74, 6) is 0.874. The summed E-state index contributed by atoms with van der Waals surface area (Å²) in [5, 5.41) is 6.39. The van der Waals surface area contributed by atoms with Gasteiger partial charge in [0.1, 0.15) is 5.82 Å². The Labute approximate surface area is 169 Å². The highest BCUT2D eigenvalue weighted by Gasteiger charge is 2.23. The van der Waals surface area contributed by atoms with Gasteiger partial charge in [-0.25, -0.2) is 4.39 Å². The molecule has 4 nitrogen and oxygen atoms in total. The topological polar surface area (TPSA) is 44.4 Å². The number of piperidine rings is 1. The predicted molar refractivity (Wildman–Crippen MR) is 110 cm³/mol. The van der Waals surface area contributed by atoms with Crippen LogP contribution >= 0.6 is 24.8 Å². The van der Waals surface area contributed by atoms with Crippen LogP contribution in [0.2, 0.25) is 0 Å². The molecule has 1 amide bonds. The van der Waals surface area contributed by atoms with Crippen molar-refractivity contribution in [2.45, 2.75) is 32.2 Å². The molecule has 0 radical (unpaired) electrons. The second kappa shape index (κ2) is 12.5. The smallest absolute Gasteiger partial charge is 0.220 e. The van der Waals surface area contributed by atoms with Crippen LogP contribution in [-0.4, -0.2) is 44.5 Å². The highest BCUT2D eigenvalue weighted by atomic mass is 35.5. The van der Waals surface area contributed by atoms with Crippen molar-refractivity contribution in [1.82, 2.24) is 15.5 Å². The molecule has 2 atom stereocenters. The Kier molecular flexibility index (Phi) is 12.1. The zero-order chi connectivity index (χ0) is 17.5. The maximum Gasteiger partial charge on any atom is 0.220 e. The van der Waals surface area contributed by atoms with Gasteiger partial charge in [0.05, 0.1) is 6.04 Å². The lowest BCUT2D eigenvalue weighted by atomic mass is 9.84. The van der Waals surface area contributed by atoms with E-state index < -0.39 is 0 Å². The summed E-state index contributed by atoms with van der Waals surface area (Å²) in [5.41, 5.74) is 0.881. The Bertz CT molecular complexity index is 539. The molecule has 26 heavy (non-hydrogen) atoms. The third-order valence-electron chi connectivity index (χ3n) is 5.05. The third-order valence-corrected chi connectivity index (χ3v) is 5.05. The van der Waals surface area contributed by atoms with Crippen molar-refractivity contribution in [3.63, 3.8) is 0 Å². The first-order valence-corrected chi connectivity index (χ1v) is 8.86. The fourth-order valence-electron chi connectivity index (χ4n) is 3.47. The van der Waals surface area contributed by atoms with Gasteiger partial charge in [0.25, 0.3) is 0 Å². The van der Waals surface area contributed by atoms with Crippen LogP contribution in [0.4, 0.5) is 4.39 Å². The molecule has 0 spiro atoms. The molecule has 0 aromatic heterocycles. The SMILES string of the molecule is CC(CC(=O)NCC(c1cccc(F)c1)N(C)C)C1CCNCC1.Cl.Cl. The van der Waals surface area contributed by atoms with Crippen molar-refractivity contribution in [3.8, 4) is 0 Å². The van der Waals surface area contributed by atoms with Crippen LogP contribution in [0.15, 0.2) is 24.3 Å². The summed E-state index contributed by atoms with van der Waals surface area (Å²) in [6.45, 7) is 4.78. The number of halogens is 3. The van der Waals surface area contributed by atoms with Gasteiger partial charge in [-0.1, -0.05) is 19.1 Å². The monoisotopic (exact) mass is 407 g/mol. The highest BCUT2D eigenvalue weighted by molar-refractivity contribution is 5.85. The van der Waals surface area contributed by atoms with Crippen LogP contribution in [0, 0.1) is 17.7 Å². The minimum atomic E-state index is -0.245. The van der Waals surface area contributed by atoms with E-state index in [1.165, 1.54) is 12.1 Å². The standard InChI is InChI=1S/C19H30FN3O.2ClH/c1-14(15-7-9-21-10-8-15)11-19(24)22-13-18(23(2)3)16-5-4-6-17(20)12-16;;/h4-6,12,14-15,18,21H,7-11,13H2,1-3H3,(H,22,24);2*1H. The van der Waals surface area contributed by atoms with E-state index in [-0.39, 0.29) is 42.6 Å². The summed E-state index contributed by atoms with van der Waals surface area (Å²) in [6.07, 6.45) is 2.87. The number of hydrogen-bond acceptors (Lipinski definition) is 3. The molecule has 2 N–H and O–H groups in total. The second-order valence-electron chi connectivity index (χ2n) is 7.11. The number of rotatable bonds is 7. The molecule has 1 aromatic carbocycles. The highest BCUT2D eigenvalue weighted by Crippen LogP contribution is 2.24. The average Bonchev–Trinajstić information content (AvgIpc) is 2.55. The lowest BCUT2D eigenvalue weighted by Crippen LogP contribution is -2.37.